The van der Waals surface area contributed by atoms with Crippen LogP contribution < -0.4 is 10.1 Å². The van der Waals surface area contributed by atoms with Gasteiger partial charge in [-0.15, -0.1) is 0 Å². The van der Waals surface area contributed by atoms with Crippen molar-refractivity contribution >= 4 is 21.6 Å². The van der Waals surface area contributed by atoms with Crippen molar-refractivity contribution in [1.82, 2.24) is 9.29 Å². The van der Waals surface area contributed by atoms with E-state index in [2.05, 4.69) is 10.3 Å². The van der Waals surface area contributed by atoms with Crippen molar-refractivity contribution in [3.63, 3.8) is 0 Å². The van der Waals surface area contributed by atoms with Crippen molar-refractivity contribution in [2.24, 2.45) is 0 Å². The van der Waals surface area contributed by atoms with Crippen LogP contribution in [0.4, 0.5) is 5.69 Å². The Bertz CT molecular complexity index is 905. The Labute approximate surface area is 153 Å². The molecule has 1 N–H and O–H groups in total. The van der Waals surface area contributed by atoms with Crippen LogP contribution in [0.25, 0.3) is 0 Å². The molecule has 138 valence electrons. The lowest BCUT2D eigenvalue weighted by Gasteiger charge is -2.18. The van der Waals surface area contributed by atoms with E-state index >= 15 is 0 Å². The van der Waals surface area contributed by atoms with E-state index in [-0.39, 0.29) is 10.8 Å². The zero-order valence-electron chi connectivity index (χ0n) is 14.7. The lowest BCUT2D eigenvalue weighted by molar-refractivity contribution is 0.102. The summed E-state index contributed by atoms with van der Waals surface area (Å²) < 4.78 is 32.1. The van der Waals surface area contributed by atoms with Crippen LogP contribution in [0.3, 0.4) is 0 Å². The molecule has 1 aromatic heterocycles. The van der Waals surface area contributed by atoms with Crippen LogP contribution in [0, 0.1) is 6.92 Å². The standard InChI is InChI=1S/C18H21N3O4S/c1-13-5-7-15(11-16(13)26(23,24)21-9-3-4-10-21)20-18(22)14-6-8-17(25-2)19-12-14/h5-8,11-12H,3-4,9-10H2,1-2H3,(H,20,22). The summed E-state index contributed by atoms with van der Waals surface area (Å²) in [6.45, 7) is 2.83. The zero-order valence-corrected chi connectivity index (χ0v) is 15.5. The summed E-state index contributed by atoms with van der Waals surface area (Å²) in [7, 11) is -2.05. The fourth-order valence-corrected chi connectivity index (χ4v) is 4.63. The summed E-state index contributed by atoms with van der Waals surface area (Å²) in [5, 5.41) is 2.72. The molecule has 1 saturated heterocycles. The predicted molar refractivity (Wildman–Crippen MR) is 97.9 cm³/mol. The second-order valence-corrected chi connectivity index (χ2v) is 8.04. The Balaban J connectivity index is 1.83. The van der Waals surface area contributed by atoms with Gasteiger partial charge in [-0.1, -0.05) is 6.07 Å². The number of sulfonamides is 1. The molecule has 0 aliphatic carbocycles. The molecule has 0 spiro atoms. The van der Waals surface area contributed by atoms with Gasteiger partial charge >= 0.3 is 0 Å². The molecule has 3 rings (SSSR count). The Kier molecular flexibility index (Phi) is 5.24. The van der Waals surface area contributed by atoms with E-state index in [1.54, 1.807) is 31.2 Å². The molecular formula is C18H21N3O4S. The number of nitrogens with zero attached hydrogens (tertiary/aromatic N) is 2. The van der Waals surface area contributed by atoms with E-state index in [1.165, 1.54) is 23.7 Å². The molecule has 0 saturated carbocycles. The van der Waals surface area contributed by atoms with Crippen molar-refractivity contribution in [3.05, 3.63) is 47.7 Å². The fourth-order valence-electron chi connectivity index (χ4n) is 2.86. The van der Waals surface area contributed by atoms with Crippen LogP contribution in [-0.2, 0) is 10.0 Å². The molecule has 0 unspecified atom stereocenters. The van der Waals surface area contributed by atoms with Gasteiger partial charge in [-0.3, -0.25) is 4.79 Å². The van der Waals surface area contributed by atoms with Crippen LogP contribution in [0.15, 0.2) is 41.4 Å². The van der Waals surface area contributed by atoms with Crippen LogP contribution in [0.5, 0.6) is 5.88 Å². The van der Waals surface area contributed by atoms with Gasteiger partial charge in [0.15, 0.2) is 0 Å². The van der Waals surface area contributed by atoms with Gasteiger partial charge in [0.25, 0.3) is 5.91 Å². The first-order valence-electron chi connectivity index (χ1n) is 8.34. The highest BCUT2D eigenvalue weighted by molar-refractivity contribution is 7.89. The van der Waals surface area contributed by atoms with Gasteiger partial charge in [0.05, 0.1) is 17.6 Å². The van der Waals surface area contributed by atoms with E-state index in [4.69, 9.17) is 4.74 Å². The average molecular weight is 375 g/mol. The Morgan fingerprint density at radius 1 is 1.19 bits per heavy atom. The van der Waals surface area contributed by atoms with Crippen LogP contribution in [-0.4, -0.2) is 43.8 Å². The molecule has 1 aliphatic rings. The highest BCUT2D eigenvalue weighted by atomic mass is 32.2. The Morgan fingerprint density at radius 2 is 1.92 bits per heavy atom. The molecule has 1 aliphatic heterocycles. The van der Waals surface area contributed by atoms with Gasteiger partial charge in [0.1, 0.15) is 0 Å². The molecule has 0 bridgehead atoms. The van der Waals surface area contributed by atoms with Gasteiger partial charge < -0.3 is 10.1 Å². The van der Waals surface area contributed by atoms with Gasteiger partial charge in [-0.25, -0.2) is 13.4 Å². The molecule has 26 heavy (non-hydrogen) atoms. The Hall–Kier alpha value is -2.45. The number of hydrogen-bond acceptors (Lipinski definition) is 5. The number of pyridine rings is 1. The molecule has 0 radical (unpaired) electrons. The highest BCUT2D eigenvalue weighted by Gasteiger charge is 2.28. The summed E-state index contributed by atoms with van der Waals surface area (Å²) in [5.74, 6) is 0.0457. The molecule has 1 aromatic carbocycles. The predicted octanol–water partition coefficient (Wildman–Crippen LogP) is 2.44. The van der Waals surface area contributed by atoms with Gasteiger partial charge in [0.2, 0.25) is 15.9 Å². The van der Waals surface area contributed by atoms with Crippen molar-refractivity contribution in [2.45, 2.75) is 24.7 Å². The molecule has 8 heteroatoms. The fraction of sp³-hybridized carbons (Fsp3) is 0.333. The first kappa shape index (κ1) is 18.3. The number of methoxy groups -OCH3 is 1. The maximum Gasteiger partial charge on any atom is 0.257 e. The van der Waals surface area contributed by atoms with Crippen molar-refractivity contribution in [3.8, 4) is 5.88 Å². The number of anilines is 1. The van der Waals surface area contributed by atoms with Crippen molar-refractivity contribution < 1.29 is 17.9 Å². The monoisotopic (exact) mass is 375 g/mol. The summed E-state index contributed by atoms with van der Waals surface area (Å²) in [6, 6.07) is 8.08. The second-order valence-electron chi connectivity index (χ2n) is 6.13. The number of rotatable bonds is 5. The maximum atomic E-state index is 12.8. The molecule has 1 fully saturated rings. The third kappa shape index (κ3) is 3.71. The quantitative estimate of drug-likeness (QED) is 0.867. The van der Waals surface area contributed by atoms with Gasteiger partial charge in [-0.2, -0.15) is 4.31 Å². The maximum absolute atomic E-state index is 12.8. The lowest BCUT2D eigenvalue weighted by Crippen LogP contribution is -2.28. The largest absolute Gasteiger partial charge is 0.481 e. The number of carbonyl (C=O) groups excluding carboxylic acids is 1. The number of hydrogen-bond donors (Lipinski definition) is 1. The minimum Gasteiger partial charge on any atom is -0.481 e. The molecular weight excluding hydrogens is 354 g/mol. The number of amides is 1. The zero-order chi connectivity index (χ0) is 18.7. The lowest BCUT2D eigenvalue weighted by atomic mass is 10.2. The molecule has 7 nitrogen and oxygen atoms in total. The topological polar surface area (TPSA) is 88.6 Å². The molecule has 1 amide bonds. The highest BCUT2D eigenvalue weighted by Crippen LogP contribution is 2.26. The molecule has 2 heterocycles. The van der Waals surface area contributed by atoms with E-state index in [9.17, 15) is 13.2 Å². The summed E-state index contributed by atoms with van der Waals surface area (Å²) >= 11 is 0. The third-order valence-corrected chi connectivity index (χ3v) is 6.38. The molecule has 2 aromatic rings. The van der Waals surface area contributed by atoms with Gasteiger partial charge in [0, 0.05) is 31.0 Å². The SMILES string of the molecule is COc1ccc(C(=O)Nc2ccc(C)c(S(=O)(=O)N3CCCC3)c2)cn1. The normalized spacial score (nSPS) is 15.0. The average Bonchev–Trinajstić information content (AvgIpc) is 3.19. The number of aromatic nitrogens is 1. The second kappa shape index (κ2) is 7.43. The van der Waals surface area contributed by atoms with E-state index < -0.39 is 10.0 Å². The van der Waals surface area contributed by atoms with Crippen LogP contribution in [0.1, 0.15) is 28.8 Å². The number of benzene rings is 1. The van der Waals surface area contributed by atoms with E-state index in [0.717, 1.165) is 12.8 Å². The van der Waals surface area contributed by atoms with E-state index in [0.29, 0.717) is 35.8 Å². The number of nitrogens with one attached hydrogen (secondary N) is 1. The number of ether oxygens (including phenoxy) is 1. The van der Waals surface area contributed by atoms with Crippen molar-refractivity contribution in [2.75, 3.05) is 25.5 Å². The van der Waals surface area contributed by atoms with E-state index in [1.807, 2.05) is 0 Å². The van der Waals surface area contributed by atoms with Crippen LogP contribution in [0.2, 0.25) is 0 Å². The smallest absolute Gasteiger partial charge is 0.257 e. The first-order chi connectivity index (χ1) is 12.4. The summed E-state index contributed by atoms with van der Waals surface area (Å²) in [4.78, 5) is 16.6. The third-order valence-electron chi connectivity index (χ3n) is 4.34. The minimum absolute atomic E-state index is 0.227. The summed E-state index contributed by atoms with van der Waals surface area (Å²) in [5.41, 5.74) is 1.44. The Morgan fingerprint density at radius 3 is 2.54 bits per heavy atom. The summed E-state index contributed by atoms with van der Waals surface area (Å²) in [6.07, 6.45) is 3.16. The van der Waals surface area contributed by atoms with Crippen LogP contribution >= 0.6 is 0 Å². The molecule has 0 atom stereocenters. The number of aryl methyl sites for hydroxylation is 1. The first-order valence-corrected chi connectivity index (χ1v) is 9.78. The number of carbonyl (C=O) groups is 1. The van der Waals surface area contributed by atoms with Crippen molar-refractivity contribution in [1.29, 1.82) is 0 Å². The van der Waals surface area contributed by atoms with Gasteiger partial charge in [-0.05, 0) is 43.5 Å². The minimum atomic E-state index is -3.55.